The number of nitro benzene ring substituents is 1. The van der Waals surface area contributed by atoms with E-state index in [0.29, 0.717) is 0 Å². The maximum absolute atomic E-state index is 10.9. The summed E-state index contributed by atoms with van der Waals surface area (Å²) < 4.78 is 4.42. The van der Waals surface area contributed by atoms with E-state index in [1.54, 1.807) is 12.1 Å². The molecule has 5 rings (SSSR count). The van der Waals surface area contributed by atoms with Gasteiger partial charge in [0.25, 0.3) is 5.69 Å². The molecule has 2 aromatic carbocycles. The molecule has 0 radical (unpaired) electrons. The average Bonchev–Trinajstić information content (AvgIpc) is 3.31. The van der Waals surface area contributed by atoms with E-state index < -0.39 is 0 Å². The van der Waals surface area contributed by atoms with E-state index >= 15 is 0 Å². The number of non-ortho nitro benzene ring substituents is 1. The van der Waals surface area contributed by atoms with Crippen molar-refractivity contribution in [3.8, 4) is 11.3 Å². The molecule has 8 heteroatoms. The number of rotatable bonds is 5. The number of nitrogens with zero attached hydrogens (tertiary/aromatic N) is 5. The fraction of sp³-hybridized carbons (Fsp3) is 0.318. The lowest BCUT2D eigenvalue weighted by Gasteiger charge is -2.26. The number of likely N-dealkylation sites (tertiary alicyclic amines) is 1. The van der Waals surface area contributed by atoms with Crippen LogP contribution in [0.5, 0.6) is 0 Å². The quantitative estimate of drug-likeness (QED) is 0.307. The summed E-state index contributed by atoms with van der Waals surface area (Å²) in [6.07, 6.45) is 5.94. The summed E-state index contributed by atoms with van der Waals surface area (Å²) in [4.78, 5) is 18.0. The van der Waals surface area contributed by atoms with Crippen LogP contribution in [0.15, 0.2) is 54.7 Å². The normalized spacial score (nSPS) is 14.8. The van der Waals surface area contributed by atoms with Gasteiger partial charge in [0.15, 0.2) is 0 Å². The molecular weight excluding hydrogens is 446 g/mol. The van der Waals surface area contributed by atoms with Crippen LogP contribution in [-0.2, 0) is 6.54 Å². The molecule has 3 heterocycles. The number of para-hydroxylation sites is 2. The number of hydrogen-bond acceptors (Lipinski definition) is 4. The van der Waals surface area contributed by atoms with Crippen molar-refractivity contribution in [3.05, 3.63) is 64.8 Å². The van der Waals surface area contributed by atoms with Gasteiger partial charge in [0.2, 0.25) is 5.78 Å². The largest absolute Gasteiger partial charge is 0.308 e. The summed E-state index contributed by atoms with van der Waals surface area (Å²) in [5.41, 5.74) is 4.11. The third kappa shape index (κ3) is 3.73. The van der Waals surface area contributed by atoms with Gasteiger partial charge < -0.3 is 9.47 Å². The van der Waals surface area contributed by atoms with Gasteiger partial charge in [-0.05, 0) is 50.2 Å². The van der Waals surface area contributed by atoms with Gasteiger partial charge >= 0.3 is 0 Å². The maximum Gasteiger partial charge on any atom is 0.269 e. The van der Waals surface area contributed by atoms with Gasteiger partial charge in [-0.1, -0.05) is 18.6 Å². The van der Waals surface area contributed by atoms with E-state index in [-0.39, 0.29) is 27.6 Å². The molecule has 2 aromatic heterocycles. The molecule has 30 heavy (non-hydrogen) atoms. The number of halogens is 1. The second-order valence-electron chi connectivity index (χ2n) is 7.64. The summed E-state index contributed by atoms with van der Waals surface area (Å²) in [7, 11) is 0. The molecule has 1 fully saturated rings. The lowest BCUT2D eigenvalue weighted by atomic mass is 10.1. The molecule has 4 aromatic rings. The third-order valence-electron chi connectivity index (χ3n) is 5.82. The molecule has 0 spiro atoms. The van der Waals surface area contributed by atoms with Crippen molar-refractivity contribution in [1.29, 1.82) is 0 Å². The van der Waals surface area contributed by atoms with E-state index in [2.05, 4.69) is 32.1 Å². The Kier molecular flexibility index (Phi) is 5.87. The predicted octanol–water partition coefficient (Wildman–Crippen LogP) is 4.93. The van der Waals surface area contributed by atoms with E-state index in [1.165, 1.54) is 50.0 Å². The fourth-order valence-electron chi connectivity index (χ4n) is 4.28. The van der Waals surface area contributed by atoms with Gasteiger partial charge in [0, 0.05) is 37.0 Å². The molecule has 0 aliphatic carbocycles. The molecule has 1 aliphatic heterocycles. The highest BCUT2D eigenvalue weighted by Gasteiger charge is 2.17. The highest BCUT2D eigenvalue weighted by Crippen LogP contribution is 2.27. The first-order chi connectivity index (χ1) is 14.2. The second kappa shape index (κ2) is 8.57. The molecule has 0 saturated carbocycles. The van der Waals surface area contributed by atoms with Crippen molar-refractivity contribution >= 4 is 39.5 Å². The van der Waals surface area contributed by atoms with Crippen molar-refractivity contribution in [2.75, 3.05) is 19.6 Å². The lowest BCUT2D eigenvalue weighted by Crippen LogP contribution is -2.32. The molecule has 1 aliphatic rings. The summed E-state index contributed by atoms with van der Waals surface area (Å²) in [5.74, 6) is 0.913. The van der Waals surface area contributed by atoms with Gasteiger partial charge in [-0.25, -0.2) is 4.98 Å². The Morgan fingerprint density at radius 3 is 2.33 bits per heavy atom. The molecule has 1 saturated heterocycles. The fourth-order valence-corrected chi connectivity index (χ4v) is 4.28. The maximum atomic E-state index is 10.9. The van der Waals surface area contributed by atoms with Crippen LogP contribution < -0.4 is 0 Å². The number of piperidine rings is 1. The average molecular weight is 470 g/mol. The Bertz CT molecular complexity index is 1180. The minimum absolute atomic E-state index is 0. The number of imidazole rings is 2. The minimum Gasteiger partial charge on any atom is -0.308 e. The zero-order valence-electron chi connectivity index (χ0n) is 16.6. The van der Waals surface area contributed by atoms with Crippen LogP contribution in [0.25, 0.3) is 28.1 Å². The zero-order chi connectivity index (χ0) is 19.8. The number of aromatic nitrogens is 3. The molecular formula is C22H24BrN5O2. The van der Waals surface area contributed by atoms with E-state index in [4.69, 9.17) is 4.98 Å². The molecule has 0 unspecified atom stereocenters. The SMILES string of the molecule is Br.O=[N+]([O-])c1ccc(-c2cn3c4ccccc4n(CCN4CCCCC4)c3n2)cc1. The van der Waals surface area contributed by atoms with Crippen LogP contribution in [0, 0.1) is 10.1 Å². The highest BCUT2D eigenvalue weighted by atomic mass is 79.9. The summed E-state index contributed by atoms with van der Waals surface area (Å²) in [5, 5.41) is 10.9. The van der Waals surface area contributed by atoms with Gasteiger partial charge in [-0.2, -0.15) is 0 Å². The van der Waals surface area contributed by atoms with E-state index in [9.17, 15) is 10.1 Å². The lowest BCUT2D eigenvalue weighted by molar-refractivity contribution is -0.384. The second-order valence-corrected chi connectivity index (χ2v) is 7.64. The molecule has 0 bridgehead atoms. The summed E-state index contributed by atoms with van der Waals surface area (Å²) in [6, 6.07) is 15.0. The molecule has 7 nitrogen and oxygen atoms in total. The molecule has 0 N–H and O–H groups in total. The number of hydrogen-bond donors (Lipinski definition) is 0. The third-order valence-corrected chi connectivity index (χ3v) is 5.82. The van der Waals surface area contributed by atoms with Crippen LogP contribution in [0.3, 0.4) is 0 Å². The number of benzene rings is 2. The molecule has 156 valence electrons. The van der Waals surface area contributed by atoms with Gasteiger partial charge in [-0.3, -0.25) is 14.5 Å². The predicted molar refractivity (Wildman–Crippen MR) is 123 cm³/mol. The first kappa shape index (κ1) is 20.6. The van der Waals surface area contributed by atoms with Gasteiger partial charge in [-0.15, -0.1) is 17.0 Å². The van der Waals surface area contributed by atoms with Crippen molar-refractivity contribution in [2.24, 2.45) is 0 Å². The monoisotopic (exact) mass is 469 g/mol. The first-order valence-corrected chi connectivity index (χ1v) is 10.1. The first-order valence-electron chi connectivity index (χ1n) is 10.1. The van der Waals surface area contributed by atoms with Crippen molar-refractivity contribution in [3.63, 3.8) is 0 Å². The van der Waals surface area contributed by atoms with Crippen LogP contribution >= 0.6 is 17.0 Å². The number of fused-ring (bicyclic) bond motifs is 3. The summed E-state index contributed by atoms with van der Waals surface area (Å²) >= 11 is 0. The molecule has 0 amide bonds. The number of nitro groups is 1. The topological polar surface area (TPSA) is 68.6 Å². The smallest absolute Gasteiger partial charge is 0.269 e. The Labute approximate surface area is 184 Å². The highest BCUT2D eigenvalue weighted by molar-refractivity contribution is 8.93. The van der Waals surface area contributed by atoms with Crippen molar-refractivity contribution in [1.82, 2.24) is 18.9 Å². The van der Waals surface area contributed by atoms with Gasteiger partial charge in [0.1, 0.15) is 0 Å². The van der Waals surface area contributed by atoms with Crippen LogP contribution in [0.4, 0.5) is 5.69 Å². The van der Waals surface area contributed by atoms with Crippen LogP contribution in [-0.4, -0.2) is 43.4 Å². The van der Waals surface area contributed by atoms with Crippen molar-refractivity contribution in [2.45, 2.75) is 25.8 Å². The molecule has 0 atom stereocenters. The van der Waals surface area contributed by atoms with Crippen molar-refractivity contribution < 1.29 is 4.92 Å². The van der Waals surface area contributed by atoms with Gasteiger partial charge in [0.05, 0.1) is 21.7 Å². The zero-order valence-corrected chi connectivity index (χ0v) is 18.3. The minimum atomic E-state index is -0.379. The Morgan fingerprint density at radius 2 is 1.63 bits per heavy atom. The van der Waals surface area contributed by atoms with E-state index in [1.807, 2.05) is 12.3 Å². The van der Waals surface area contributed by atoms with Crippen LogP contribution in [0.1, 0.15) is 19.3 Å². The Hall–Kier alpha value is -2.71. The Morgan fingerprint density at radius 1 is 0.933 bits per heavy atom. The Balaban J connectivity index is 0.00000218. The summed E-state index contributed by atoms with van der Waals surface area (Å²) in [6.45, 7) is 4.28. The van der Waals surface area contributed by atoms with Crippen LogP contribution in [0.2, 0.25) is 0 Å². The standard InChI is InChI=1S/C22H23N5O2.BrH/c28-27(29)18-10-8-17(9-11-18)19-16-26-21-7-3-2-6-20(21)25(22(26)23-19)15-14-24-12-4-1-5-13-24;/h2-3,6-11,16H,1,4-5,12-15H2;1H. The van der Waals surface area contributed by atoms with E-state index in [0.717, 1.165) is 35.6 Å².